The van der Waals surface area contributed by atoms with Crippen LogP contribution in [0.15, 0.2) is 24.4 Å². The predicted molar refractivity (Wildman–Crippen MR) is 77.2 cm³/mol. The number of hydrogen-bond donors (Lipinski definition) is 3. The van der Waals surface area contributed by atoms with Gasteiger partial charge in [-0.2, -0.15) is 5.10 Å². The number of nitrogens with zero attached hydrogens (tertiary/aromatic N) is 1. The predicted octanol–water partition coefficient (Wildman–Crippen LogP) is 1.66. The molecule has 1 aromatic heterocycles. The van der Waals surface area contributed by atoms with Crippen molar-refractivity contribution in [1.29, 1.82) is 0 Å². The van der Waals surface area contributed by atoms with Crippen LogP contribution in [0.4, 0.5) is 5.69 Å². The Labute approximate surface area is 116 Å². The zero-order valence-corrected chi connectivity index (χ0v) is 11.8. The molecule has 0 aliphatic carbocycles. The van der Waals surface area contributed by atoms with E-state index in [1.165, 1.54) is 0 Å². The summed E-state index contributed by atoms with van der Waals surface area (Å²) in [6.45, 7) is 5.35. The molecule has 2 rings (SSSR count). The minimum Gasteiger partial charge on any atom is -0.347 e. The minimum atomic E-state index is -0.504. The summed E-state index contributed by atoms with van der Waals surface area (Å²) < 4.78 is 0. The molecule has 106 valence electrons. The maximum absolute atomic E-state index is 11.8. The standard InChI is InChI=1S/C14H18N4O2/c1-14(2,3)13(20)15-8-12(19)17-10-4-5-11-9(6-10)7-16-18-11/h4-7H,8H2,1-3H3,(H,15,20)(H,16,18)(H,17,19). The van der Waals surface area contributed by atoms with E-state index in [-0.39, 0.29) is 18.4 Å². The van der Waals surface area contributed by atoms with Gasteiger partial charge in [0.05, 0.1) is 18.3 Å². The molecular formula is C14H18N4O2. The molecule has 0 aliphatic heterocycles. The Bertz CT molecular complexity index is 640. The molecule has 6 nitrogen and oxygen atoms in total. The molecular weight excluding hydrogens is 256 g/mol. The van der Waals surface area contributed by atoms with Crippen LogP contribution in [0.3, 0.4) is 0 Å². The largest absolute Gasteiger partial charge is 0.347 e. The number of fused-ring (bicyclic) bond motifs is 1. The summed E-state index contributed by atoms with van der Waals surface area (Å²) in [5, 5.41) is 13.0. The van der Waals surface area contributed by atoms with Gasteiger partial charge in [0.25, 0.3) is 0 Å². The summed E-state index contributed by atoms with van der Waals surface area (Å²) in [6.07, 6.45) is 1.69. The molecule has 0 saturated heterocycles. The smallest absolute Gasteiger partial charge is 0.243 e. The van der Waals surface area contributed by atoms with Crippen molar-refractivity contribution < 1.29 is 9.59 Å². The molecule has 1 aromatic carbocycles. The zero-order chi connectivity index (χ0) is 14.8. The Morgan fingerprint density at radius 1 is 1.30 bits per heavy atom. The molecule has 20 heavy (non-hydrogen) atoms. The molecule has 0 saturated carbocycles. The lowest BCUT2D eigenvalue weighted by Crippen LogP contribution is -2.39. The summed E-state index contributed by atoms with van der Waals surface area (Å²) in [7, 11) is 0. The minimum absolute atomic E-state index is 0.0421. The van der Waals surface area contributed by atoms with Crippen LogP contribution < -0.4 is 10.6 Å². The van der Waals surface area contributed by atoms with E-state index in [0.717, 1.165) is 10.9 Å². The fraction of sp³-hybridized carbons (Fsp3) is 0.357. The Balaban J connectivity index is 1.92. The van der Waals surface area contributed by atoms with Crippen LogP contribution in [0.5, 0.6) is 0 Å². The number of nitrogens with one attached hydrogen (secondary N) is 3. The van der Waals surface area contributed by atoms with Gasteiger partial charge < -0.3 is 10.6 Å². The molecule has 0 atom stereocenters. The van der Waals surface area contributed by atoms with E-state index in [4.69, 9.17) is 0 Å². The second-order valence-corrected chi connectivity index (χ2v) is 5.65. The third-order valence-corrected chi connectivity index (χ3v) is 2.81. The molecule has 0 aliphatic rings. The van der Waals surface area contributed by atoms with E-state index in [1.54, 1.807) is 33.0 Å². The van der Waals surface area contributed by atoms with Gasteiger partial charge in [-0.15, -0.1) is 0 Å². The summed E-state index contributed by atoms with van der Waals surface area (Å²) in [6, 6.07) is 5.44. The summed E-state index contributed by atoms with van der Waals surface area (Å²) in [5.74, 6) is -0.414. The van der Waals surface area contributed by atoms with E-state index >= 15 is 0 Å². The van der Waals surface area contributed by atoms with Crippen LogP contribution in [0.1, 0.15) is 20.8 Å². The fourth-order valence-electron chi connectivity index (χ4n) is 1.65. The summed E-state index contributed by atoms with van der Waals surface area (Å²) in [5.41, 5.74) is 1.08. The van der Waals surface area contributed by atoms with Gasteiger partial charge >= 0.3 is 0 Å². The number of benzene rings is 1. The van der Waals surface area contributed by atoms with Gasteiger partial charge in [0.15, 0.2) is 0 Å². The molecule has 3 N–H and O–H groups in total. The highest BCUT2D eigenvalue weighted by molar-refractivity contribution is 5.96. The monoisotopic (exact) mass is 274 g/mol. The van der Waals surface area contributed by atoms with Gasteiger partial charge in [0.2, 0.25) is 11.8 Å². The highest BCUT2D eigenvalue weighted by Crippen LogP contribution is 2.16. The normalized spacial score (nSPS) is 11.3. The van der Waals surface area contributed by atoms with Gasteiger partial charge in [-0.1, -0.05) is 20.8 Å². The lowest BCUT2D eigenvalue weighted by Gasteiger charge is -2.17. The second-order valence-electron chi connectivity index (χ2n) is 5.65. The SMILES string of the molecule is CC(C)(C)C(=O)NCC(=O)Nc1ccc2[nH]ncc2c1. The molecule has 0 fully saturated rings. The van der Waals surface area contributed by atoms with Crippen molar-refractivity contribution in [3.8, 4) is 0 Å². The number of rotatable bonds is 3. The topological polar surface area (TPSA) is 86.9 Å². The first-order valence-corrected chi connectivity index (χ1v) is 6.37. The zero-order valence-electron chi connectivity index (χ0n) is 11.8. The average Bonchev–Trinajstić information content (AvgIpc) is 2.82. The maximum Gasteiger partial charge on any atom is 0.243 e. The molecule has 0 bridgehead atoms. The Hall–Kier alpha value is -2.37. The molecule has 6 heteroatoms. The van der Waals surface area contributed by atoms with Crippen molar-refractivity contribution in [2.24, 2.45) is 5.41 Å². The first-order valence-electron chi connectivity index (χ1n) is 6.37. The number of aromatic nitrogens is 2. The molecule has 0 radical (unpaired) electrons. The summed E-state index contributed by atoms with van der Waals surface area (Å²) in [4.78, 5) is 23.4. The summed E-state index contributed by atoms with van der Waals surface area (Å²) >= 11 is 0. The van der Waals surface area contributed by atoms with Crippen molar-refractivity contribution in [3.63, 3.8) is 0 Å². The number of carbonyl (C=O) groups is 2. The number of carbonyl (C=O) groups excluding carboxylic acids is 2. The van der Waals surface area contributed by atoms with Crippen molar-refractivity contribution in [2.75, 3.05) is 11.9 Å². The lowest BCUT2D eigenvalue weighted by molar-refractivity contribution is -0.130. The maximum atomic E-state index is 11.8. The third-order valence-electron chi connectivity index (χ3n) is 2.81. The Morgan fingerprint density at radius 3 is 2.75 bits per heavy atom. The number of hydrogen-bond acceptors (Lipinski definition) is 3. The van der Waals surface area contributed by atoms with Crippen LogP contribution in [-0.4, -0.2) is 28.6 Å². The first-order chi connectivity index (χ1) is 9.36. The molecule has 2 amide bonds. The number of aromatic amines is 1. The first kappa shape index (κ1) is 14.0. The molecule has 1 heterocycles. The van der Waals surface area contributed by atoms with Crippen molar-refractivity contribution in [3.05, 3.63) is 24.4 Å². The Kier molecular flexibility index (Phi) is 3.74. The van der Waals surface area contributed by atoms with Gasteiger partial charge in [0.1, 0.15) is 0 Å². The fourth-order valence-corrected chi connectivity index (χ4v) is 1.65. The van der Waals surface area contributed by atoms with E-state index in [2.05, 4.69) is 20.8 Å². The Morgan fingerprint density at radius 2 is 2.05 bits per heavy atom. The quantitative estimate of drug-likeness (QED) is 0.795. The third kappa shape index (κ3) is 3.34. The van der Waals surface area contributed by atoms with Crippen LogP contribution in [-0.2, 0) is 9.59 Å². The number of anilines is 1. The van der Waals surface area contributed by atoms with E-state index in [9.17, 15) is 9.59 Å². The highest BCUT2D eigenvalue weighted by atomic mass is 16.2. The van der Waals surface area contributed by atoms with Gasteiger partial charge in [-0.25, -0.2) is 0 Å². The van der Waals surface area contributed by atoms with E-state index in [1.807, 2.05) is 12.1 Å². The molecule has 0 spiro atoms. The van der Waals surface area contributed by atoms with Gasteiger partial charge in [-0.05, 0) is 18.2 Å². The van der Waals surface area contributed by atoms with Crippen LogP contribution in [0.2, 0.25) is 0 Å². The van der Waals surface area contributed by atoms with Crippen molar-refractivity contribution >= 4 is 28.4 Å². The molecule has 0 unspecified atom stereocenters. The number of H-pyrrole nitrogens is 1. The second kappa shape index (κ2) is 5.32. The lowest BCUT2D eigenvalue weighted by atomic mass is 9.96. The van der Waals surface area contributed by atoms with E-state index < -0.39 is 5.41 Å². The average molecular weight is 274 g/mol. The van der Waals surface area contributed by atoms with Crippen LogP contribution in [0.25, 0.3) is 10.9 Å². The van der Waals surface area contributed by atoms with Gasteiger partial charge in [0, 0.05) is 16.5 Å². The van der Waals surface area contributed by atoms with Gasteiger partial charge in [-0.3, -0.25) is 14.7 Å². The van der Waals surface area contributed by atoms with Crippen LogP contribution >= 0.6 is 0 Å². The van der Waals surface area contributed by atoms with Crippen LogP contribution in [0, 0.1) is 5.41 Å². The molecule has 2 aromatic rings. The highest BCUT2D eigenvalue weighted by Gasteiger charge is 2.21. The van der Waals surface area contributed by atoms with Crippen molar-refractivity contribution in [2.45, 2.75) is 20.8 Å². The number of amides is 2. The van der Waals surface area contributed by atoms with E-state index in [0.29, 0.717) is 5.69 Å². The van der Waals surface area contributed by atoms with Crippen molar-refractivity contribution in [1.82, 2.24) is 15.5 Å².